The Morgan fingerprint density at radius 2 is 1.39 bits per heavy atom. The first-order valence-corrected chi connectivity index (χ1v) is 13.9. The first-order chi connectivity index (χ1) is 14.5. The smallest absolute Gasteiger partial charge is 0.278 e. The Morgan fingerprint density at radius 1 is 0.935 bits per heavy atom. The molecule has 0 atom stereocenters. The summed E-state index contributed by atoms with van der Waals surface area (Å²) in [6.45, 7) is 3.21. The van der Waals surface area contributed by atoms with Crippen molar-refractivity contribution in [2.45, 2.75) is 27.8 Å². The average molecular weight is 496 g/mol. The summed E-state index contributed by atoms with van der Waals surface area (Å²) in [7, 11) is -9.05. The Morgan fingerprint density at radius 3 is 1.77 bits per heavy atom. The summed E-state index contributed by atoms with van der Waals surface area (Å²) in [5.41, 5.74) is 6.39. The number of hydrogen-bond donors (Lipinski definition) is 2. The maximum absolute atomic E-state index is 13.8. The van der Waals surface area contributed by atoms with Crippen molar-refractivity contribution in [3.63, 3.8) is 0 Å². The summed E-state index contributed by atoms with van der Waals surface area (Å²) in [5, 5.41) is 7.73. The molecule has 0 fully saturated rings. The van der Waals surface area contributed by atoms with Crippen LogP contribution < -0.4 is 9.44 Å². The molecule has 0 bridgehead atoms. The van der Waals surface area contributed by atoms with Gasteiger partial charge in [-0.3, -0.25) is 5.41 Å². The summed E-state index contributed by atoms with van der Waals surface area (Å²) >= 11 is 2.26. The average Bonchev–Trinajstić information content (AvgIpc) is 3.12. The van der Waals surface area contributed by atoms with Gasteiger partial charge in [-0.2, -0.15) is 20.5 Å². The maximum atomic E-state index is 13.8. The van der Waals surface area contributed by atoms with Crippen molar-refractivity contribution in [1.29, 1.82) is 5.41 Å². The van der Waals surface area contributed by atoms with E-state index < -0.39 is 20.0 Å². The zero-order valence-electron chi connectivity index (χ0n) is 17.0. The predicted molar refractivity (Wildman–Crippen MR) is 126 cm³/mol. The van der Waals surface area contributed by atoms with Gasteiger partial charge in [0.05, 0.1) is 24.6 Å². The highest BCUT2D eigenvalue weighted by Crippen LogP contribution is 2.42. The van der Waals surface area contributed by atoms with Crippen LogP contribution in [0.1, 0.15) is 16.0 Å². The third kappa shape index (κ3) is 4.22. The number of thiophene rings is 1. The Bertz CT molecular complexity index is 1290. The number of sulfonamides is 2. The van der Waals surface area contributed by atoms with Crippen molar-refractivity contribution in [1.82, 2.24) is 0 Å². The zero-order chi connectivity index (χ0) is 23.0. The highest BCUT2D eigenvalue weighted by atomic mass is 32.3. The summed E-state index contributed by atoms with van der Waals surface area (Å²) in [4.78, 5) is 0.0499. The molecule has 0 saturated carbocycles. The van der Waals surface area contributed by atoms with E-state index in [0.717, 1.165) is 11.3 Å². The Hall–Kier alpha value is -2.34. The van der Waals surface area contributed by atoms with Gasteiger partial charge < -0.3 is 5.73 Å². The van der Waals surface area contributed by atoms with Gasteiger partial charge in [-0.1, -0.05) is 36.4 Å². The van der Waals surface area contributed by atoms with Crippen LogP contribution in [0.2, 0.25) is 0 Å². The van der Waals surface area contributed by atoms with Gasteiger partial charge in [-0.15, -0.1) is 23.1 Å². The van der Waals surface area contributed by atoms with Gasteiger partial charge in [0.1, 0.15) is 5.84 Å². The van der Waals surface area contributed by atoms with Crippen LogP contribution in [0.3, 0.4) is 0 Å². The molecule has 0 amide bonds. The normalized spacial score (nSPS) is 12.0. The van der Waals surface area contributed by atoms with Gasteiger partial charge in [-0.25, -0.2) is 0 Å². The van der Waals surface area contributed by atoms with E-state index in [1.54, 1.807) is 56.5 Å². The van der Waals surface area contributed by atoms with Crippen LogP contribution >= 0.6 is 23.1 Å². The minimum absolute atomic E-state index is 0.0470. The monoisotopic (exact) mass is 495 g/mol. The minimum Gasteiger partial charge on any atom is -0.383 e. The molecule has 3 aromatic rings. The third-order valence-corrected chi connectivity index (χ3v) is 11.3. The maximum Gasteiger partial charge on any atom is 0.278 e. The Kier molecular flexibility index (Phi) is 6.51. The first kappa shape index (κ1) is 23.3. The number of thioether (sulfide) groups is 1. The lowest BCUT2D eigenvalue weighted by Crippen LogP contribution is -2.37. The molecular formula is C20H21N3O4S4. The molecule has 31 heavy (non-hydrogen) atoms. The predicted octanol–water partition coefficient (Wildman–Crippen LogP) is 3.96. The van der Waals surface area contributed by atoms with Crippen molar-refractivity contribution >= 4 is 54.7 Å². The molecule has 0 aliphatic heterocycles. The molecule has 1 heterocycles. The van der Waals surface area contributed by atoms with Gasteiger partial charge in [-0.05, 0) is 49.4 Å². The zero-order valence-corrected chi connectivity index (χ0v) is 20.3. The van der Waals surface area contributed by atoms with Gasteiger partial charge in [0.2, 0.25) is 0 Å². The lowest BCUT2D eigenvalue weighted by molar-refractivity contribution is 0.583. The molecular weight excluding hydrogens is 475 g/mol. The van der Waals surface area contributed by atoms with E-state index in [0.29, 0.717) is 19.0 Å². The third-order valence-electron chi connectivity index (χ3n) is 4.51. The van der Waals surface area contributed by atoms with Crippen LogP contribution in [-0.4, -0.2) is 28.9 Å². The number of nitrogens with zero attached hydrogens (tertiary/aromatic N) is 1. The topological polar surface area (TPSA) is 121 Å². The highest BCUT2D eigenvalue weighted by molar-refractivity contribution is 8.10. The number of nitrogens with two attached hydrogens (primary N) is 1. The molecule has 0 unspecified atom stereocenters. The fourth-order valence-corrected chi connectivity index (χ4v) is 9.09. The lowest BCUT2D eigenvalue weighted by Gasteiger charge is -2.25. The number of rotatable bonds is 7. The molecule has 3 rings (SSSR count). The van der Waals surface area contributed by atoms with E-state index in [9.17, 15) is 16.8 Å². The van der Waals surface area contributed by atoms with E-state index in [2.05, 4.69) is 0 Å². The number of nitrogen functional groups attached to an aromatic ring is 1. The molecule has 0 aliphatic rings. The second-order valence-electron chi connectivity index (χ2n) is 6.64. The van der Waals surface area contributed by atoms with Gasteiger partial charge in [0.25, 0.3) is 20.0 Å². The summed E-state index contributed by atoms with van der Waals surface area (Å²) < 4.78 is 56.0. The molecule has 0 radical (unpaired) electrons. The van der Waals surface area contributed by atoms with Crippen LogP contribution in [0, 0.1) is 19.3 Å². The number of benzene rings is 2. The standard InChI is InChI=1S/C20H21N3O4S4/c1-13-8-4-6-10-17(13)30(24,25)23(15-12-16(19(21)22)29-20(15)28-3)31(26,27)18-11-7-5-9-14(18)2/h4-12H,1-3H3,(H3,21,22). The lowest BCUT2D eigenvalue weighted by atomic mass is 10.2. The second-order valence-corrected chi connectivity index (χ2v) is 12.5. The fourth-order valence-electron chi connectivity index (χ4n) is 3.03. The highest BCUT2D eigenvalue weighted by Gasteiger charge is 2.40. The molecule has 1 aromatic heterocycles. The van der Waals surface area contributed by atoms with Crippen LogP contribution in [0.25, 0.3) is 0 Å². The van der Waals surface area contributed by atoms with Crippen molar-refractivity contribution in [3.8, 4) is 0 Å². The molecule has 11 heteroatoms. The summed E-state index contributed by atoms with van der Waals surface area (Å²) in [6.07, 6.45) is 1.71. The van der Waals surface area contributed by atoms with E-state index in [-0.39, 0.29) is 26.2 Å². The van der Waals surface area contributed by atoms with Crippen LogP contribution in [0.4, 0.5) is 5.69 Å². The Labute approximate surface area is 190 Å². The molecule has 3 N–H and O–H groups in total. The van der Waals surface area contributed by atoms with Crippen LogP contribution in [0.15, 0.2) is 68.6 Å². The van der Waals surface area contributed by atoms with Crippen LogP contribution in [0.5, 0.6) is 0 Å². The number of hydrogen-bond acceptors (Lipinski definition) is 7. The summed E-state index contributed by atoms with van der Waals surface area (Å²) in [6, 6.07) is 13.8. The molecule has 164 valence electrons. The van der Waals surface area contributed by atoms with E-state index in [4.69, 9.17) is 11.1 Å². The minimum atomic E-state index is -4.52. The SMILES string of the molecule is CSc1sc(C(=N)N)cc1N(S(=O)(=O)c1ccccc1C)S(=O)(=O)c1ccccc1C. The second kappa shape index (κ2) is 8.65. The number of aryl methyl sites for hydroxylation is 2. The van der Waals surface area contributed by atoms with Gasteiger partial charge in [0, 0.05) is 0 Å². The van der Waals surface area contributed by atoms with E-state index in [1.807, 2.05) is 0 Å². The van der Waals surface area contributed by atoms with Crippen molar-refractivity contribution in [3.05, 3.63) is 70.6 Å². The molecule has 0 aliphatic carbocycles. The molecule has 2 aromatic carbocycles. The van der Waals surface area contributed by atoms with Crippen molar-refractivity contribution < 1.29 is 16.8 Å². The molecule has 0 saturated heterocycles. The van der Waals surface area contributed by atoms with Crippen molar-refractivity contribution in [2.75, 3.05) is 9.97 Å². The Balaban J connectivity index is 2.40. The number of nitrogens with one attached hydrogen (secondary N) is 1. The number of anilines is 1. The van der Waals surface area contributed by atoms with Crippen molar-refractivity contribution in [2.24, 2.45) is 5.73 Å². The molecule has 0 spiro atoms. The van der Waals surface area contributed by atoms with Gasteiger partial charge >= 0.3 is 0 Å². The fraction of sp³-hybridized carbons (Fsp3) is 0.150. The largest absolute Gasteiger partial charge is 0.383 e. The summed E-state index contributed by atoms with van der Waals surface area (Å²) in [5.74, 6) is -0.270. The quantitative estimate of drug-likeness (QED) is 0.291. The number of amidine groups is 1. The van der Waals surface area contributed by atoms with Gasteiger partial charge in [0.15, 0.2) is 0 Å². The first-order valence-electron chi connectivity index (χ1n) is 8.96. The van der Waals surface area contributed by atoms with Crippen LogP contribution in [-0.2, 0) is 20.0 Å². The molecule has 7 nitrogen and oxygen atoms in total. The van der Waals surface area contributed by atoms with E-state index in [1.165, 1.54) is 30.0 Å². The van der Waals surface area contributed by atoms with E-state index >= 15 is 0 Å².